The first-order valence-corrected chi connectivity index (χ1v) is 8.97. The summed E-state index contributed by atoms with van der Waals surface area (Å²) in [7, 11) is 0. The van der Waals surface area contributed by atoms with Gasteiger partial charge in [0.05, 0.1) is 6.10 Å². The number of aliphatic hydroxyl groups excluding tert-OH is 2. The summed E-state index contributed by atoms with van der Waals surface area (Å²) in [6, 6.07) is 0. The average Bonchev–Trinajstić information content (AvgIpc) is 2.77. The summed E-state index contributed by atoms with van der Waals surface area (Å²) < 4.78 is 0. The lowest BCUT2D eigenvalue weighted by atomic mass is 9.47. The van der Waals surface area contributed by atoms with Gasteiger partial charge in [-0.1, -0.05) is 19.4 Å². The van der Waals surface area contributed by atoms with Gasteiger partial charge in [-0.3, -0.25) is 4.79 Å². The Kier molecular flexibility index (Phi) is 3.16. The van der Waals surface area contributed by atoms with Crippen LogP contribution in [0, 0.1) is 28.6 Å². The number of hydrogen-bond donors (Lipinski definition) is 2. The Balaban J connectivity index is 1.70. The normalized spacial score (nSPS) is 54.3. The molecule has 3 nitrogen and oxygen atoms in total. The van der Waals surface area contributed by atoms with Crippen molar-refractivity contribution < 1.29 is 15.0 Å². The lowest BCUT2D eigenvalue weighted by molar-refractivity contribution is -0.128. The highest BCUT2D eigenvalue weighted by Crippen LogP contribution is 2.65. The predicted molar refractivity (Wildman–Crippen MR) is 84.1 cm³/mol. The van der Waals surface area contributed by atoms with E-state index in [0.717, 1.165) is 38.5 Å². The highest BCUT2D eigenvalue weighted by Gasteiger charge is 2.59. The molecular weight excluding hydrogens is 276 g/mol. The Hall–Kier alpha value is -0.670. The minimum atomic E-state index is -0.810. The molecule has 0 unspecified atom stereocenters. The summed E-state index contributed by atoms with van der Waals surface area (Å²) in [6.45, 7) is 4.57. The van der Waals surface area contributed by atoms with Crippen LogP contribution in [0.15, 0.2) is 11.6 Å². The van der Waals surface area contributed by atoms with Gasteiger partial charge in [0.25, 0.3) is 0 Å². The lowest BCUT2D eigenvalue weighted by Crippen LogP contribution is -2.52. The fraction of sp³-hybridized carbons (Fsp3) is 0.842. The van der Waals surface area contributed by atoms with Gasteiger partial charge >= 0.3 is 0 Å². The van der Waals surface area contributed by atoms with E-state index in [-0.39, 0.29) is 22.7 Å². The number of allylic oxidation sites excluding steroid dienone is 1. The Bertz CT molecular complexity index is 539. The van der Waals surface area contributed by atoms with Gasteiger partial charge in [0, 0.05) is 0 Å². The Morgan fingerprint density at radius 2 is 1.86 bits per heavy atom. The minimum absolute atomic E-state index is 0.00881. The van der Waals surface area contributed by atoms with Crippen molar-refractivity contribution in [3.8, 4) is 0 Å². The van der Waals surface area contributed by atoms with Crippen LogP contribution in [0.3, 0.4) is 0 Å². The maximum absolute atomic E-state index is 11.9. The molecule has 0 bridgehead atoms. The van der Waals surface area contributed by atoms with Crippen molar-refractivity contribution in [3.05, 3.63) is 11.6 Å². The molecule has 0 aromatic carbocycles. The van der Waals surface area contributed by atoms with Crippen LogP contribution in [-0.4, -0.2) is 28.2 Å². The first-order chi connectivity index (χ1) is 10.4. The first-order valence-electron chi connectivity index (χ1n) is 8.97. The molecular formula is C19H28O3. The van der Waals surface area contributed by atoms with E-state index in [4.69, 9.17) is 0 Å². The molecule has 0 radical (unpaired) electrons. The summed E-state index contributed by atoms with van der Waals surface area (Å²) in [5, 5.41) is 20.6. The summed E-state index contributed by atoms with van der Waals surface area (Å²) in [4.78, 5) is 11.9. The zero-order chi connectivity index (χ0) is 15.7. The fourth-order valence-electron chi connectivity index (χ4n) is 6.59. The molecule has 122 valence electrons. The molecule has 3 fully saturated rings. The number of carbonyl (C=O) groups excluding carboxylic acids is 1. The van der Waals surface area contributed by atoms with Gasteiger partial charge in [-0.05, 0) is 79.6 Å². The fourth-order valence-corrected chi connectivity index (χ4v) is 6.59. The number of carbonyl (C=O) groups is 1. The molecule has 0 heterocycles. The summed E-state index contributed by atoms with van der Waals surface area (Å²) in [5.74, 6) is 1.74. The molecule has 0 spiro atoms. The van der Waals surface area contributed by atoms with E-state index in [9.17, 15) is 15.0 Å². The summed E-state index contributed by atoms with van der Waals surface area (Å²) >= 11 is 0. The highest BCUT2D eigenvalue weighted by atomic mass is 16.3. The lowest BCUT2D eigenvalue weighted by Gasteiger charge is -2.58. The van der Waals surface area contributed by atoms with Crippen LogP contribution in [0.4, 0.5) is 0 Å². The average molecular weight is 304 g/mol. The van der Waals surface area contributed by atoms with Gasteiger partial charge in [0.2, 0.25) is 0 Å². The van der Waals surface area contributed by atoms with Gasteiger partial charge in [-0.2, -0.15) is 0 Å². The largest absolute Gasteiger partial charge is 0.393 e. The quantitative estimate of drug-likeness (QED) is 0.723. The Morgan fingerprint density at radius 1 is 1.09 bits per heavy atom. The van der Waals surface area contributed by atoms with Crippen molar-refractivity contribution in [2.24, 2.45) is 28.6 Å². The molecule has 0 aromatic rings. The van der Waals surface area contributed by atoms with Crippen molar-refractivity contribution in [3.63, 3.8) is 0 Å². The van der Waals surface area contributed by atoms with Gasteiger partial charge in [0.1, 0.15) is 6.10 Å². The monoisotopic (exact) mass is 304 g/mol. The predicted octanol–water partition coefficient (Wildman–Crippen LogP) is 2.85. The summed E-state index contributed by atoms with van der Waals surface area (Å²) in [6.07, 6.45) is 7.88. The van der Waals surface area contributed by atoms with Crippen molar-refractivity contribution in [1.29, 1.82) is 0 Å². The van der Waals surface area contributed by atoms with Crippen LogP contribution >= 0.6 is 0 Å². The van der Waals surface area contributed by atoms with Crippen LogP contribution in [0.5, 0.6) is 0 Å². The minimum Gasteiger partial charge on any atom is -0.393 e. The van der Waals surface area contributed by atoms with Crippen molar-refractivity contribution >= 4 is 5.78 Å². The van der Waals surface area contributed by atoms with E-state index in [2.05, 4.69) is 13.8 Å². The first kappa shape index (κ1) is 14.9. The number of hydrogen-bond acceptors (Lipinski definition) is 3. The van der Waals surface area contributed by atoms with Crippen LogP contribution in [0.25, 0.3) is 0 Å². The molecule has 2 N–H and O–H groups in total. The van der Waals surface area contributed by atoms with Crippen LogP contribution in [0.2, 0.25) is 0 Å². The Morgan fingerprint density at radius 3 is 2.64 bits per heavy atom. The topological polar surface area (TPSA) is 57.5 Å². The van der Waals surface area contributed by atoms with Crippen LogP contribution in [0.1, 0.15) is 58.8 Å². The molecule has 0 aliphatic heterocycles. The smallest absolute Gasteiger partial charge is 0.184 e. The van der Waals surface area contributed by atoms with E-state index >= 15 is 0 Å². The van der Waals surface area contributed by atoms with E-state index in [1.54, 1.807) is 6.08 Å². The molecule has 0 amide bonds. The van der Waals surface area contributed by atoms with E-state index < -0.39 is 6.10 Å². The molecule has 3 heteroatoms. The Labute approximate surface area is 132 Å². The molecule has 0 saturated heterocycles. The van der Waals surface area contributed by atoms with E-state index in [0.29, 0.717) is 24.2 Å². The molecule has 0 aromatic heterocycles. The standard InChI is InChI=1S/C19H28O3/c1-18-8-7-14-12(13(18)5-6-17(18)22)4-3-11-9-15(20)16(21)10-19(11,14)2/h9,12-14,16-17,21-22H,3-8,10H2,1-2H3/t12-,13-,14-,16+,17-,18-,19-/m0/s1. The highest BCUT2D eigenvalue weighted by molar-refractivity contribution is 5.95. The van der Waals surface area contributed by atoms with Crippen LogP contribution < -0.4 is 0 Å². The maximum Gasteiger partial charge on any atom is 0.184 e. The number of aliphatic hydroxyl groups is 2. The zero-order valence-electron chi connectivity index (χ0n) is 13.7. The summed E-state index contributed by atoms with van der Waals surface area (Å²) in [5.41, 5.74) is 1.37. The van der Waals surface area contributed by atoms with E-state index in [1.165, 1.54) is 5.57 Å². The zero-order valence-corrected chi connectivity index (χ0v) is 13.7. The second-order valence-corrected chi connectivity index (χ2v) is 8.76. The second kappa shape index (κ2) is 4.67. The van der Waals surface area contributed by atoms with Gasteiger partial charge in [-0.25, -0.2) is 0 Å². The third kappa shape index (κ3) is 1.78. The third-order valence-corrected chi connectivity index (χ3v) is 7.95. The number of rotatable bonds is 0. The van der Waals surface area contributed by atoms with Crippen molar-refractivity contribution in [1.82, 2.24) is 0 Å². The van der Waals surface area contributed by atoms with E-state index in [1.807, 2.05) is 0 Å². The SMILES string of the molecule is C[C@]12CC[C@H]3[C@@H](CCC4=CC(=O)[C@H](O)C[C@@]43C)[C@@H]1CC[C@@H]2O. The molecule has 4 aliphatic carbocycles. The van der Waals surface area contributed by atoms with Crippen molar-refractivity contribution in [2.45, 2.75) is 71.0 Å². The second-order valence-electron chi connectivity index (χ2n) is 8.76. The molecule has 4 aliphatic rings. The maximum atomic E-state index is 11.9. The third-order valence-electron chi connectivity index (χ3n) is 7.95. The number of ketones is 1. The molecule has 22 heavy (non-hydrogen) atoms. The van der Waals surface area contributed by atoms with Gasteiger partial charge < -0.3 is 10.2 Å². The molecule has 7 atom stereocenters. The van der Waals surface area contributed by atoms with Crippen molar-refractivity contribution in [2.75, 3.05) is 0 Å². The van der Waals surface area contributed by atoms with Gasteiger partial charge in [-0.15, -0.1) is 0 Å². The molecule has 3 saturated carbocycles. The van der Waals surface area contributed by atoms with Gasteiger partial charge in [0.15, 0.2) is 5.78 Å². The van der Waals surface area contributed by atoms with Crippen LogP contribution in [-0.2, 0) is 4.79 Å². The molecule has 4 rings (SSSR count). The number of fused-ring (bicyclic) bond motifs is 5.